The van der Waals surface area contributed by atoms with Crippen molar-refractivity contribution in [3.05, 3.63) is 28.8 Å². The Morgan fingerprint density at radius 1 is 1.54 bits per heavy atom. The van der Waals surface area contributed by atoms with Crippen molar-refractivity contribution >= 4 is 6.29 Å². The highest BCUT2D eigenvalue weighted by Gasteiger charge is 2.10. The van der Waals surface area contributed by atoms with E-state index < -0.39 is 0 Å². The highest BCUT2D eigenvalue weighted by molar-refractivity contribution is 5.84. The number of carbonyl (C=O) groups excluding carboxylic acids is 1. The second kappa shape index (κ2) is 3.72. The van der Waals surface area contributed by atoms with Gasteiger partial charge >= 0.3 is 0 Å². The van der Waals surface area contributed by atoms with Crippen LogP contribution in [-0.2, 0) is 0 Å². The van der Waals surface area contributed by atoms with Crippen molar-refractivity contribution in [2.24, 2.45) is 0 Å². The van der Waals surface area contributed by atoms with Gasteiger partial charge in [-0.15, -0.1) is 0 Å². The number of benzene rings is 1. The Balaban J connectivity index is 3.47. The van der Waals surface area contributed by atoms with E-state index >= 15 is 0 Å². The topological polar surface area (TPSA) is 50.1 Å². The Kier molecular flexibility index (Phi) is 2.65. The summed E-state index contributed by atoms with van der Waals surface area (Å²) in [5.74, 6) is 0.481. The van der Waals surface area contributed by atoms with Gasteiger partial charge in [0.2, 0.25) is 0 Å². The third-order valence-corrected chi connectivity index (χ3v) is 1.84. The molecule has 13 heavy (non-hydrogen) atoms. The highest BCUT2D eigenvalue weighted by atomic mass is 16.5. The van der Waals surface area contributed by atoms with E-state index in [9.17, 15) is 4.79 Å². The fraction of sp³-hybridized carbons (Fsp3) is 0.200. The van der Waals surface area contributed by atoms with Crippen LogP contribution in [0.25, 0.3) is 0 Å². The molecule has 0 radical (unpaired) electrons. The van der Waals surface area contributed by atoms with Gasteiger partial charge in [-0.2, -0.15) is 5.26 Å². The van der Waals surface area contributed by atoms with Gasteiger partial charge in [-0.05, 0) is 18.6 Å². The minimum atomic E-state index is 0.324. The maximum atomic E-state index is 10.7. The fourth-order valence-electron chi connectivity index (χ4n) is 1.19. The monoisotopic (exact) mass is 175 g/mol. The molecule has 0 saturated carbocycles. The van der Waals surface area contributed by atoms with E-state index in [2.05, 4.69) is 0 Å². The molecule has 0 heterocycles. The van der Waals surface area contributed by atoms with Gasteiger partial charge in [-0.25, -0.2) is 0 Å². The first kappa shape index (κ1) is 9.27. The van der Waals surface area contributed by atoms with Crippen LogP contribution in [0.2, 0.25) is 0 Å². The molecule has 0 spiro atoms. The molecule has 0 atom stereocenters. The number of hydrogen-bond acceptors (Lipinski definition) is 3. The molecule has 0 bridgehead atoms. The third kappa shape index (κ3) is 1.52. The van der Waals surface area contributed by atoms with Crippen LogP contribution in [-0.4, -0.2) is 13.4 Å². The van der Waals surface area contributed by atoms with Gasteiger partial charge in [0.05, 0.1) is 18.2 Å². The van der Waals surface area contributed by atoms with E-state index in [1.54, 1.807) is 12.1 Å². The van der Waals surface area contributed by atoms with Crippen LogP contribution in [0.1, 0.15) is 21.5 Å². The Morgan fingerprint density at radius 3 is 2.69 bits per heavy atom. The van der Waals surface area contributed by atoms with E-state index in [0.717, 1.165) is 5.56 Å². The number of methoxy groups -OCH3 is 1. The Bertz CT molecular complexity index is 377. The highest BCUT2D eigenvalue weighted by Crippen LogP contribution is 2.24. The number of aryl methyl sites for hydroxylation is 1. The molecule has 3 nitrogen and oxygen atoms in total. The SMILES string of the molecule is COc1c(C)ccc(C#N)c1C=O. The van der Waals surface area contributed by atoms with Gasteiger partial charge in [0.1, 0.15) is 11.8 Å². The predicted molar refractivity (Wildman–Crippen MR) is 47.8 cm³/mol. The largest absolute Gasteiger partial charge is 0.496 e. The number of carbonyl (C=O) groups is 1. The number of ether oxygens (including phenoxy) is 1. The average Bonchev–Trinajstić information content (AvgIpc) is 2.17. The first-order chi connectivity index (χ1) is 6.24. The van der Waals surface area contributed by atoms with Crippen LogP contribution < -0.4 is 4.74 Å². The average molecular weight is 175 g/mol. The lowest BCUT2D eigenvalue weighted by Gasteiger charge is -2.07. The maximum Gasteiger partial charge on any atom is 0.155 e. The molecule has 0 aliphatic carbocycles. The zero-order valence-electron chi connectivity index (χ0n) is 7.50. The molecule has 0 amide bonds. The van der Waals surface area contributed by atoms with E-state index in [0.29, 0.717) is 23.2 Å². The molecule has 66 valence electrons. The van der Waals surface area contributed by atoms with Crippen molar-refractivity contribution < 1.29 is 9.53 Å². The molecule has 3 heteroatoms. The van der Waals surface area contributed by atoms with E-state index in [-0.39, 0.29) is 0 Å². The maximum absolute atomic E-state index is 10.7. The van der Waals surface area contributed by atoms with Crippen LogP contribution in [0.4, 0.5) is 0 Å². The molecule has 0 N–H and O–H groups in total. The van der Waals surface area contributed by atoms with Gasteiger partial charge in [-0.3, -0.25) is 4.79 Å². The predicted octanol–water partition coefficient (Wildman–Crippen LogP) is 1.69. The zero-order valence-corrected chi connectivity index (χ0v) is 7.50. The van der Waals surface area contributed by atoms with Gasteiger partial charge in [0.15, 0.2) is 6.29 Å². The van der Waals surface area contributed by atoms with Gasteiger partial charge in [0.25, 0.3) is 0 Å². The van der Waals surface area contributed by atoms with E-state index in [1.807, 2.05) is 13.0 Å². The Hall–Kier alpha value is -1.82. The van der Waals surface area contributed by atoms with Gasteiger partial charge in [0, 0.05) is 0 Å². The van der Waals surface area contributed by atoms with Gasteiger partial charge < -0.3 is 4.74 Å². The molecular formula is C10H9NO2. The number of hydrogen-bond donors (Lipinski definition) is 0. The van der Waals surface area contributed by atoms with Crippen LogP contribution in [0.15, 0.2) is 12.1 Å². The molecule has 0 fully saturated rings. The molecule has 0 unspecified atom stereocenters. The first-order valence-corrected chi connectivity index (χ1v) is 3.77. The van der Waals surface area contributed by atoms with Crippen LogP contribution in [0.5, 0.6) is 5.75 Å². The Labute approximate surface area is 76.6 Å². The summed E-state index contributed by atoms with van der Waals surface area (Å²) >= 11 is 0. The number of nitrogens with zero attached hydrogens (tertiary/aromatic N) is 1. The van der Waals surface area contributed by atoms with Crippen molar-refractivity contribution in [2.75, 3.05) is 7.11 Å². The lowest BCUT2D eigenvalue weighted by atomic mass is 10.0. The minimum Gasteiger partial charge on any atom is -0.496 e. The van der Waals surface area contributed by atoms with Crippen molar-refractivity contribution in [3.63, 3.8) is 0 Å². The number of rotatable bonds is 2. The van der Waals surface area contributed by atoms with E-state index in [4.69, 9.17) is 10.00 Å². The van der Waals surface area contributed by atoms with Crippen LogP contribution in [0.3, 0.4) is 0 Å². The number of aldehydes is 1. The summed E-state index contributed by atoms with van der Waals surface area (Å²) in [7, 11) is 1.48. The smallest absolute Gasteiger partial charge is 0.155 e. The third-order valence-electron chi connectivity index (χ3n) is 1.84. The minimum absolute atomic E-state index is 0.324. The molecule has 0 aliphatic rings. The summed E-state index contributed by atoms with van der Waals surface area (Å²) in [5.41, 5.74) is 1.52. The molecule has 0 aromatic heterocycles. The Morgan fingerprint density at radius 2 is 2.23 bits per heavy atom. The summed E-state index contributed by atoms with van der Waals surface area (Å²) in [4.78, 5) is 10.7. The second-order valence-electron chi connectivity index (χ2n) is 2.61. The summed E-state index contributed by atoms with van der Waals surface area (Å²) in [6.45, 7) is 1.83. The van der Waals surface area contributed by atoms with Crippen molar-refractivity contribution in [2.45, 2.75) is 6.92 Å². The zero-order chi connectivity index (χ0) is 9.84. The van der Waals surface area contributed by atoms with Crippen LogP contribution in [0, 0.1) is 18.3 Å². The summed E-state index contributed by atoms with van der Waals surface area (Å²) < 4.78 is 5.03. The first-order valence-electron chi connectivity index (χ1n) is 3.77. The molecular weight excluding hydrogens is 166 g/mol. The lowest BCUT2D eigenvalue weighted by molar-refractivity contribution is 0.112. The van der Waals surface area contributed by atoms with Crippen LogP contribution >= 0.6 is 0 Å². The normalized spacial score (nSPS) is 9.00. The lowest BCUT2D eigenvalue weighted by Crippen LogP contribution is -1.96. The van der Waals surface area contributed by atoms with E-state index in [1.165, 1.54) is 7.11 Å². The van der Waals surface area contributed by atoms with Gasteiger partial charge in [-0.1, -0.05) is 6.07 Å². The number of nitriles is 1. The molecule has 0 aliphatic heterocycles. The molecule has 0 saturated heterocycles. The summed E-state index contributed by atoms with van der Waals surface area (Å²) in [6.07, 6.45) is 0.643. The summed E-state index contributed by atoms with van der Waals surface area (Å²) in [5, 5.41) is 8.70. The second-order valence-corrected chi connectivity index (χ2v) is 2.61. The molecule has 1 aromatic carbocycles. The summed E-state index contributed by atoms with van der Waals surface area (Å²) in [6, 6.07) is 5.30. The van der Waals surface area contributed by atoms with Crippen molar-refractivity contribution in [1.29, 1.82) is 5.26 Å². The standard InChI is InChI=1S/C10H9NO2/c1-7-3-4-8(5-11)9(6-12)10(7)13-2/h3-4,6H,1-2H3. The quantitative estimate of drug-likeness (QED) is 0.642. The molecule has 1 aromatic rings. The van der Waals surface area contributed by atoms with Crippen molar-refractivity contribution in [1.82, 2.24) is 0 Å². The fourth-order valence-corrected chi connectivity index (χ4v) is 1.19. The molecule has 1 rings (SSSR count). The van der Waals surface area contributed by atoms with Crippen molar-refractivity contribution in [3.8, 4) is 11.8 Å².